The van der Waals surface area contributed by atoms with E-state index in [0.717, 1.165) is 6.07 Å². The summed E-state index contributed by atoms with van der Waals surface area (Å²) < 4.78 is 37.6. The third-order valence-corrected chi connectivity index (χ3v) is 2.32. The lowest BCUT2D eigenvalue weighted by atomic mass is 10.0. The monoisotopic (exact) mass is 248 g/mol. The Labute approximate surface area is 95.5 Å². The van der Waals surface area contributed by atoms with Crippen molar-refractivity contribution in [3.8, 4) is 0 Å². The number of aliphatic hydroxyl groups excluding tert-OH is 1. The van der Waals surface area contributed by atoms with Crippen molar-refractivity contribution in [2.24, 2.45) is 0 Å². The molecule has 0 saturated heterocycles. The summed E-state index contributed by atoms with van der Waals surface area (Å²) in [5.74, 6) is -1.46. The van der Waals surface area contributed by atoms with Gasteiger partial charge in [0.1, 0.15) is 0 Å². The Hall–Kier alpha value is -1.56. The summed E-state index contributed by atoms with van der Waals surface area (Å²) >= 11 is 0. The molecule has 1 unspecified atom stereocenters. The van der Waals surface area contributed by atoms with E-state index in [1.54, 1.807) is 0 Å². The molecule has 1 rings (SSSR count). The first-order chi connectivity index (χ1) is 7.71. The predicted octanol–water partition coefficient (Wildman–Crippen LogP) is 2.00. The lowest BCUT2D eigenvalue weighted by Gasteiger charge is -2.12. The molecule has 0 heterocycles. The standard InChI is InChI=1S/C11H11F3O3/c1-6-2-3-7(5-9(15)10(16)17)4-8(6)11(12,13)14/h2-4,9,15H,5H2,1H3,(H,16,17). The number of hydrogen-bond donors (Lipinski definition) is 2. The van der Waals surface area contributed by atoms with Gasteiger partial charge in [0.25, 0.3) is 0 Å². The molecule has 0 bridgehead atoms. The van der Waals surface area contributed by atoms with Crippen LogP contribution in [0.3, 0.4) is 0 Å². The van der Waals surface area contributed by atoms with E-state index in [1.807, 2.05) is 0 Å². The van der Waals surface area contributed by atoms with Gasteiger partial charge >= 0.3 is 12.1 Å². The van der Waals surface area contributed by atoms with Gasteiger partial charge in [-0.15, -0.1) is 0 Å². The summed E-state index contributed by atoms with van der Waals surface area (Å²) in [6.45, 7) is 1.32. The van der Waals surface area contributed by atoms with Gasteiger partial charge in [-0.2, -0.15) is 13.2 Å². The van der Waals surface area contributed by atoms with Crippen molar-refractivity contribution in [3.63, 3.8) is 0 Å². The van der Waals surface area contributed by atoms with Crippen molar-refractivity contribution in [3.05, 3.63) is 34.9 Å². The Bertz CT molecular complexity index is 426. The Kier molecular flexibility index (Phi) is 3.77. The number of alkyl halides is 3. The zero-order chi connectivity index (χ0) is 13.2. The normalized spacial score (nSPS) is 13.5. The lowest BCUT2D eigenvalue weighted by Crippen LogP contribution is -2.22. The highest BCUT2D eigenvalue weighted by Crippen LogP contribution is 2.32. The van der Waals surface area contributed by atoms with Gasteiger partial charge in [0.15, 0.2) is 6.10 Å². The SMILES string of the molecule is Cc1ccc(CC(O)C(=O)O)cc1C(F)(F)F. The molecule has 2 N–H and O–H groups in total. The van der Waals surface area contributed by atoms with E-state index in [-0.39, 0.29) is 17.5 Å². The number of carbonyl (C=O) groups is 1. The van der Waals surface area contributed by atoms with E-state index in [9.17, 15) is 18.0 Å². The third kappa shape index (κ3) is 3.45. The van der Waals surface area contributed by atoms with Gasteiger partial charge in [-0.25, -0.2) is 4.79 Å². The summed E-state index contributed by atoms with van der Waals surface area (Å²) in [4.78, 5) is 10.4. The number of carboxylic acid groups (broad SMARTS) is 1. The Morgan fingerprint density at radius 1 is 1.41 bits per heavy atom. The minimum absolute atomic E-state index is 0.0612. The molecule has 0 radical (unpaired) electrons. The topological polar surface area (TPSA) is 57.5 Å². The largest absolute Gasteiger partial charge is 0.479 e. The van der Waals surface area contributed by atoms with Crippen LogP contribution in [0.5, 0.6) is 0 Å². The van der Waals surface area contributed by atoms with E-state index in [1.165, 1.54) is 19.1 Å². The van der Waals surface area contributed by atoms with Gasteiger partial charge in [-0.1, -0.05) is 12.1 Å². The van der Waals surface area contributed by atoms with Crippen LogP contribution in [0.25, 0.3) is 0 Å². The van der Waals surface area contributed by atoms with Crippen molar-refractivity contribution < 1.29 is 28.2 Å². The summed E-state index contributed by atoms with van der Waals surface area (Å²) in [5.41, 5.74) is -0.614. The molecule has 1 atom stereocenters. The molecule has 94 valence electrons. The van der Waals surface area contributed by atoms with Crippen LogP contribution in [0.15, 0.2) is 18.2 Å². The average Bonchev–Trinajstić information content (AvgIpc) is 2.19. The summed E-state index contributed by atoms with van der Waals surface area (Å²) in [5, 5.41) is 17.5. The number of halogens is 3. The molecule has 0 amide bonds. The molecule has 6 heteroatoms. The molecule has 0 aliphatic heterocycles. The summed E-state index contributed by atoms with van der Waals surface area (Å²) in [6, 6.07) is 3.49. The van der Waals surface area contributed by atoms with Crippen molar-refractivity contribution in [1.82, 2.24) is 0 Å². The number of rotatable bonds is 3. The maximum absolute atomic E-state index is 12.5. The molecule has 0 aromatic heterocycles. The number of benzene rings is 1. The fourth-order valence-corrected chi connectivity index (χ4v) is 1.41. The first kappa shape index (κ1) is 13.5. The Morgan fingerprint density at radius 2 is 2.00 bits per heavy atom. The fourth-order valence-electron chi connectivity index (χ4n) is 1.41. The molecular formula is C11H11F3O3. The van der Waals surface area contributed by atoms with Crippen LogP contribution in [-0.4, -0.2) is 22.3 Å². The van der Waals surface area contributed by atoms with E-state index in [0.29, 0.717) is 0 Å². The van der Waals surface area contributed by atoms with Crippen LogP contribution in [-0.2, 0) is 17.4 Å². The van der Waals surface area contributed by atoms with Crippen molar-refractivity contribution in [1.29, 1.82) is 0 Å². The number of carboxylic acids is 1. The second-order valence-electron chi connectivity index (χ2n) is 3.71. The maximum Gasteiger partial charge on any atom is 0.416 e. The molecule has 1 aromatic carbocycles. The molecule has 3 nitrogen and oxygen atoms in total. The minimum atomic E-state index is -4.48. The summed E-state index contributed by atoms with van der Waals surface area (Å²) in [6.07, 6.45) is -6.52. The average molecular weight is 248 g/mol. The molecule has 0 saturated carbocycles. The number of hydrogen-bond acceptors (Lipinski definition) is 2. The molecule has 0 aliphatic rings. The molecule has 17 heavy (non-hydrogen) atoms. The number of aliphatic carboxylic acids is 1. The lowest BCUT2D eigenvalue weighted by molar-refractivity contribution is -0.146. The minimum Gasteiger partial charge on any atom is -0.479 e. The van der Waals surface area contributed by atoms with Gasteiger partial charge in [-0.05, 0) is 24.1 Å². The predicted molar refractivity (Wildman–Crippen MR) is 53.5 cm³/mol. The van der Waals surface area contributed by atoms with Crippen LogP contribution in [0, 0.1) is 6.92 Å². The Morgan fingerprint density at radius 3 is 2.47 bits per heavy atom. The van der Waals surface area contributed by atoms with Crippen LogP contribution < -0.4 is 0 Å². The highest BCUT2D eigenvalue weighted by Gasteiger charge is 2.32. The number of aryl methyl sites for hydroxylation is 1. The molecule has 0 spiro atoms. The quantitative estimate of drug-likeness (QED) is 0.860. The summed E-state index contributed by atoms with van der Waals surface area (Å²) in [7, 11) is 0. The first-order valence-electron chi connectivity index (χ1n) is 4.79. The smallest absolute Gasteiger partial charge is 0.416 e. The van der Waals surface area contributed by atoms with E-state index < -0.39 is 23.8 Å². The Balaban J connectivity index is 3.01. The van der Waals surface area contributed by atoms with Crippen molar-refractivity contribution in [2.45, 2.75) is 25.6 Å². The van der Waals surface area contributed by atoms with Gasteiger partial charge in [0.05, 0.1) is 5.56 Å². The van der Waals surface area contributed by atoms with E-state index >= 15 is 0 Å². The number of aliphatic hydroxyl groups is 1. The molecule has 0 aliphatic carbocycles. The van der Waals surface area contributed by atoms with Crippen LogP contribution in [0.2, 0.25) is 0 Å². The molecular weight excluding hydrogens is 237 g/mol. The second kappa shape index (κ2) is 4.75. The van der Waals surface area contributed by atoms with Crippen LogP contribution in [0.1, 0.15) is 16.7 Å². The third-order valence-electron chi connectivity index (χ3n) is 2.32. The van der Waals surface area contributed by atoms with Crippen LogP contribution in [0.4, 0.5) is 13.2 Å². The maximum atomic E-state index is 12.5. The highest BCUT2D eigenvalue weighted by atomic mass is 19.4. The second-order valence-corrected chi connectivity index (χ2v) is 3.71. The van der Waals surface area contributed by atoms with Crippen LogP contribution >= 0.6 is 0 Å². The molecule has 0 fully saturated rings. The van der Waals surface area contributed by atoms with Crippen molar-refractivity contribution in [2.75, 3.05) is 0 Å². The van der Waals surface area contributed by atoms with E-state index in [2.05, 4.69) is 0 Å². The molecule has 1 aromatic rings. The van der Waals surface area contributed by atoms with Gasteiger partial charge in [-0.3, -0.25) is 0 Å². The fraction of sp³-hybridized carbons (Fsp3) is 0.364. The zero-order valence-electron chi connectivity index (χ0n) is 8.95. The van der Waals surface area contributed by atoms with E-state index in [4.69, 9.17) is 10.2 Å². The highest BCUT2D eigenvalue weighted by molar-refractivity contribution is 5.72. The van der Waals surface area contributed by atoms with Crippen molar-refractivity contribution >= 4 is 5.97 Å². The van der Waals surface area contributed by atoms with Gasteiger partial charge in [0.2, 0.25) is 0 Å². The zero-order valence-corrected chi connectivity index (χ0v) is 8.95. The van der Waals surface area contributed by atoms with Gasteiger partial charge < -0.3 is 10.2 Å². The first-order valence-corrected chi connectivity index (χ1v) is 4.79. The van der Waals surface area contributed by atoms with Gasteiger partial charge in [0, 0.05) is 6.42 Å².